The average Bonchev–Trinajstić information content (AvgIpc) is 3.57. The van der Waals surface area contributed by atoms with E-state index in [4.69, 9.17) is 24.3 Å². The summed E-state index contributed by atoms with van der Waals surface area (Å²) < 4.78 is 38.9. The maximum atomic E-state index is 14.3. The molecule has 14 heteroatoms. The number of aromatic nitrogens is 3. The van der Waals surface area contributed by atoms with Crippen molar-refractivity contribution < 1.29 is 33.0 Å². The molecule has 6 unspecified atom stereocenters. The molecule has 0 bridgehead atoms. The lowest BCUT2D eigenvalue weighted by molar-refractivity contribution is -0.145. The fraction of sp³-hybridized carbons (Fsp3) is 0.333. The number of carbonyl (C=O) groups excluding carboxylic acids is 1. The van der Waals surface area contributed by atoms with Gasteiger partial charge in [-0.3, -0.25) is 9.32 Å². The molecule has 4 aromatic rings. The van der Waals surface area contributed by atoms with Crippen molar-refractivity contribution in [3.8, 4) is 11.8 Å². The lowest BCUT2D eigenvalue weighted by Crippen LogP contribution is -2.40. The van der Waals surface area contributed by atoms with Gasteiger partial charge < -0.3 is 24.8 Å². The van der Waals surface area contributed by atoms with Gasteiger partial charge in [0, 0.05) is 5.92 Å². The maximum absolute atomic E-state index is 14.3. The van der Waals surface area contributed by atoms with E-state index in [1.165, 1.54) is 10.8 Å². The Hall–Kier alpha value is -4.31. The highest BCUT2D eigenvalue weighted by molar-refractivity contribution is 7.52. The standard InChI is InChI=1S/C30H33N6O7P/c1-3-40-29(38)23(16-21-10-6-4-7-11-21)35-44(39,43-22-12-8-5-9-13-22)41-17-25-27(37)20(2)30(18-31,42-25)26-15-14-24-28(32)33-19-34-36(24)26/h4-15,19-20,23,25,27,37H,3,16-17H2,1-2H3,(H,35,39)(H2,32,33,34). The first-order valence-electron chi connectivity index (χ1n) is 14.0. The second-order valence-electron chi connectivity index (χ2n) is 10.3. The molecule has 2 aromatic carbocycles. The number of hydrogen-bond acceptors (Lipinski definition) is 11. The number of nitrogens with one attached hydrogen (secondary N) is 1. The number of aliphatic hydroxyl groups excluding tert-OH is 1. The number of nitrogens with two attached hydrogens (primary N) is 1. The molecule has 4 N–H and O–H groups in total. The van der Waals surface area contributed by atoms with Crippen molar-refractivity contribution >= 4 is 25.1 Å². The van der Waals surface area contributed by atoms with Crippen molar-refractivity contribution in [1.29, 1.82) is 5.26 Å². The fourth-order valence-electron chi connectivity index (χ4n) is 5.17. The number of para-hydroxylation sites is 1. The predicted molar refractivity (Wildman–Crippen MR) is 159 cm³/mol. The van der Waals surface area contributed by atoms with Gasteiger partial charge in [-0.05, 0) is 43.2 Å². The first-order valence-corrected chi connectivity index (χ1v) is 15.6. The van der Waals surface area contributed by atoms with Gasteiger partial charge in [0.1, 0.15) is 35.8 Å². The Morgan fingerprint density at radius 3 is 2.59 bits per heavy atom. The highest BCUT2D eigenvalue weighted by Crippen LogP contribution is 2.49. The van der Waals surface area contributed by atoms with Crippen molar-refractivity contribution in [3.05, 3.63) is 90.4 Å². The molecule has 230 valence electrons. The first kappa shape index (κ1) is 31.1. The van der Waals surface area contributed by atoms with E-state index in [0.29, 0.717) is 11.2 Å². The largest absolute Gasteiger partial charge is 0.465 e. The second-order valence-corrected chi connectivity index (χ2v) is 12.0. The van der Waals surface area contributed by atoms with Crippen LogP contribution in [0.1, 0.15) is 25.1 Å². The van der Waals surface area contributed by atoms with Crippen LogP contribution in [-0.2, 0) is 35.4 Å². The predicted octanol–water partition coefficient (Wildman–Crippen LogP) is 3.39. The number of nitrogens with zero attached hydrogens (tertiary/aromatic N) is 4. The third-order valence-corrected chi connectivity index (χ3v) is 9.01. The van der Waals surface area contributed by atoms with Gasteiger partial charge in [-0.15, -0.1) is 0 Å². The zero-order valence-electron chi connectivity index (χ0n) is 24.1. The summed E-state index contributed by atoms with van der Waals surface area (Å²) in [7, 11) is -4.33. The molecule has 2 aromatic heterocycles. The summed E-state index contributed by atoms with van der Waals surface area (Å²) in [6.07, 6.45) is -0.936. The average molecular weight is 621 g/mol. The van der Waals surface area contributed by atoms with Crippen LogP contribution in [0.4, 0.5) is 5.82 Å². The number of ether oxygens (including phenoxy) is 2. The van der Waals surface area contributed by atoms with Crippen molar-refractivity contribution in [2.75, 3.05) is 18.9 Å². The summed E-state index contributed by atoms with van der Waals surface area (Å²) in [6, 6.07) is 21.8. The number of aliphatic hydroxyl groups is 1. The van der Waals surface area contributed by atoms with Gasteiger partial charge in [0.2, 0.25) is 5.60 Å². The quantitative estimate of drug-likeness (QED) is 0.155. The second kappa shape index (κ2) is 13.1. The van der Waals surface area contributed by atoms with Crippen molar-refractivity contribution in [2.24, 2.45) is 5.92 Å². The highest BCUT2D eigenvalue weighted by Gasteiger charge is 2.56. The van der Waals surface area contributed by atoms with Gasteiger partial charge in [-0.25, -0.2) is 14.1 Å². The normalized spacial score (nSPS) is 23.5. The summed E-state index contributed by atoms with van der Waals surface area (Å²) in [5.41, 5.74) is 5.92. The molecule has 0 aliphatic carbocycles. The van der Waals surface area contributed by atoms with Gasteiger partial charge in [0.15, 0.2) is 5.82 Å². The molecule has 0 amide bonds. The SMILES string of the molecule is CCOC(=O)C(Cc1ccccc1)NP(=O)(OCC1OC(C#N)(c2ccc3c(N)ncnn23)C(C)C1O)Oc1ccccc1. The first-order chi connectivity index (χ1) is 21.2. The minimum Gasteiger partial charge on any atom is -0.465 e. The van der Waals surface area contributed by atoms with E-state index < -0.39 is 50.1 Å². The van der Waals surface area contributed by atoms with Crippen LogP contribution in [0.15, 0.2) is 79.1 Å². The molecule has 1 aliphatic rings. The van der Waals surface area contributed by atoms with Crippen molar-refractivity contribution in [1.82, 2.24) is 19.7 Å². The molecule has 6 atom stereocenters. The molecule has 5 rings (SSSR count). The van der Waals surface area contributed by atoms with E-state index in [9.17, 15) is 19.7 Å². The van der Waals surface area contributed by atoms with Crippen LogP contribution in [0.25, 0.3) is 5.52 Å². The Morgan fingerprint density at radius 2 is 1.91 bits per heavy atom. The van der Waals surface area contributed by atoms with E-state index >= 15 is 0 Å². The summed E-state index contributed by atoms with van der Waals surface area (Å²) in [5.74, 6) is -0.979. The number of rotatable bonds is 12. The number of nitriles is 1. The van der Waals surface area contributed by atoms with Crippen LogP contribution in [0.2, 0.25) is 0 Å². The maximum Gasteiger partial charge on any atom is 0.459 e. The highest BCUT2D eigenvalue weighted by atomic mass is 31.2. The summed E-state index contributed by atoms with van der Waals surface area (Å²) >= 11 is 0. The van der Waals surface area contributed by atoms with Gasteiger partial charge in [-0.2, -0.15) is 15.4 Å². The van der Waals surface area contributed by atoms with Gasteiger partial charge in [0.05, 0.1) is 25.0 Å². The van der Waals surface area contributed by atoms with Crippen LogP contribution in [-0.4, -0.2) is 57.1 Å². The topological polar surface area (TPSA) is 183 Å². The molecule has 1 saturated heterocycles. The van der Waals surface area contributed by atoms with E-state index in [0.717, 1.165) is 5.56 Å². The molecule has 0 spiro atoms. The number of carbonyl (C=O) groups is 1. The Labute approximate surface area is 254 Å². The lowest BCUT2D eigenvalue weighted by atomic mass is 9.85. The zero-order valence-corrected chi connectivity index (χ0v) is 25.0. The lowest BCUT2D eigenvalue weighted by Gasteiger charge is -2.26. The molecule has 1 fully saturated rings. The zero-order chi connectivity index (χ0) is 31.3. The molecule has 0 radical (unpaired) electrons. The smallest absolute Gasteiger partial charge is 0.459 e. The molecule has 1 aliphatic heterocycles. The summed E-state index contributed by atoms with van der Waals surface area (Å²) in [6.45, 7) is 2.99. The fourth-order valence-corrected chi connectivity index (χ4v) is 6.67. The van der Waals surface area contributed by atoms with Crippen LogP contribution in [0.5, 0.6) is 5.75 Å². The molecule has 44 heavy (non-hydrogen) atoms. The Balaban J connectivity index is 1.42. The number of benzene rings is 2. The minimum atomic E-state index is -4.33. The Bertz CT molecular complexity index is 1680. The monoisotopic (exact) mass is 620 g/mol. The number of anilines is 1. The molecular formula is C30H33N6O7P. The third kappa shape index (κ3) is 6.31. The van der Waals surface area contributed by atoms with Crippen molar-refractivity contribution in [3.63, 3.8) is 0 Å². The molecular weight excluding hydrogens is 587 g/mol. The molecule has 0 saturated carbocycles. The number of fused-ring (bicyclic) bond motifs is 1. The Morgan fingerprint density at radius 1 is 1.20 bits per heavy atom. The third-order valence-electron chi connectivity index (χ3n) is 7.45. The van der Waals surface area contributed by atoms with Crippen molar-refractivity contribution in [2.45, 2.75) is 44.1 Å². The van der Waals surface area contributed by atoms with Crippen LogP contribution in [0, 0.1) is 17.2 Å². The van der Waals surface area contributed by atoms with Crippen LogP contribution >= 0.6 is 7.75 Å². The number of hydrogen-bond donors (Lipinski definition) is 3. The number of nitrogen functional groups attached to an aromatic ring is 1. The molecule has 13 nitrogen and oxygen atoms in total. The van der Waals surface area contributed by atoms with Crippen LogP contribution < -0.4 is 15.3 Å². The number of esters is 1. The van der Waals surface area contributed by atoms with E-state index in [1.54, 1.807) is 56.3 Å². The van der Waals surface area contributed by atoms with E-state index in [-0.39, 0.29) is 24.6 Å². The van der Waals surface area contributed by atoms with Crippen LogP contribution in [0.3, 0.4) is 0 Å². The Kier molecular flexibility index (Phi) is 9.29. The summed E-state index contributed by atoms with van der Waals surface area (Å²) in [5, 5.41) is 28.6. The molecule has 3 heterocycles. The van der Waals surface area contributed by atoms with Gasteiger partial charge in [-0.1, -0.05) is 55.5 Å². The van der Waals surface area contributed by atoms with E-state index in [1.807, 2.05) is 30.3 Å². The van der Waals surface area contributed by atoms with Gasteiger partial charge in [0.25, 0.3) is 0 Å². The summed E-state index contributed by atoms with van der Waals surface area (Å²) in [4.78, 5) is 17.0. The minimum absolute atomic E-state index is 0.109. The van der Waals surface area contributed by atoms with E-state index in [2.05, 4.69) is 21.2 Å². The van der Waals surface area contributed by atoms with Gasteiger partial charge >= 0.3 is 13.7 Å².